The molecular formula is C7H13O. The summed E-state index contributed by atoms with van der Waals surface area (Å²) in [6.07, 6.45) is 1.14. The van der Waals surface area contributed by atoms with Crippen LogP contribution in [0.25, 0.3) is 0 Å². The molecule has 8 heavy (non-hydrogen) atoms. The van der Waals surface area contributed by atoms with Crippen LogP contribution in [0, 0.1) is 5.41 Å². The third-order valence-electron chi connectivity index (χ3n) is 1.57. The summed E-state index contributed by atoms with van der Waals surface area (Å²) in [6.45, 7) is 8.98. The molecule has 0 heterocycles. The second kappa shape index (κ2) is 2.31. The molecule has 0 saturated heterocycles. The van der Waals surface area contributed by atoms with Gasteiger partial charge in [-0.1, -0.05) is 19.9 Å². The summed E-state index contributed by atoms with van der Waals surface area (Å²) in [5.74, 6) is 0. The van der Waals surface area contributed by atoms with Crippen molar-refractivity contribution in [1.82, 2.24) is 0 Å². The Morgan fingerprint density at radius 1 is 1.62 bits per heavy atom. The zero-order chi connectivity index (χ0) is 6.78. The predicted octanol–water partition coefficient (Wildman–Crippen LogP) is 2.02. The first-order chi connectivity index (χ1) is 3.50. The van der Waals surface area contributed by atoms with Gasteiger partial charge in [0, 0.05) is 5.41 Å². The molecule has 1 nitrogen and oxygen atoms in total. The average molecular weight is 113 g/mol. The lowest BCUT2D eigenvalue weighted by molar-refractivity contribution is 0.0310. The van der Waals surface area contributed by atoms with Crippen LogP contribution in [0.4, 0.5) is 0 Å². The molecule has 1 unspecified atom stereocenters. The molecule has 1 radical (unpaired) electrons. The topological polar surface area (TPSA) is 19.9 Å². The van der Waals surface area contributed by atoms with Gasteiger partial charge < -0.3 is 0 Å². The highest BCUT2D eigenvalue weighted by atomic mass is 16.3. The standard InChI is InChI=1S/C7H13O/c1-5-7(3,4)6(2)8/h5-6H,1H2,2-4H3. The molecule has 47 valence electrons. The van der Waals surface area contributed by atoms with E-state index in [2.05, 4.69) is 6.58 Å². The molecule has 0 rings (SSSR count). The van der Waals surface area contributed by atoms with Gasteiger partial charge in [-0.15, -0.1) is 6.58 Å². The van der Waals surface area contributed by atoms with E-state index >= 15 is 0 Å². The van der Waals surface area contributed by atoms with Gasteiger partial charge in [0.2, 0.25) is 0 Å². The first-order valence-corrected chi connectivity index (χ1v) is 2.80. The summed E-state index contributed by atoms with van der Waals surface area (Å²) in [5.41, 5.74) is -0.250. The van der Waals surface area contributed by atoms with Crippen LogP contribution in [-0.4, -0.2) is 6.10 Å². The van der Waals surface area contributed by atoms with E-state index in [1.807, 2.05) is 13.8 Å². The maximum Gasteiger partial charge on any atom is 0.0986 e. The molecule has 0 spiro atoms. The first kappa shape index (κ1) is 7.70. The van der Waals surface area contributed by atoms with Crippen molar-refractivity contribution < 1.29 is 5.11 Å². The summed E-state index contributed by atoms with van der Waals surface area (Å²) in [5, 5.41) is 10.7. The Balaban J connectivity index is 3.90. The Labute approximate surface area is 51.0 Å². The Morgan fingerprint density at radius 3 is 2.00 bits per heavy atom. The van der Waals surface area contributed by atoms with Gasteiger partial charge in [-0.25, -0.2) is 5.11 Å². The number of hydrogen-bond donors (Lipinski definition) is 0. The van der Waals surface area contributed by atoms with Crippen molar-refractivity contribution in [2.24, 2.45) is 5.41 Å². The molecule has 0 N–H and O–H groups in total. The van der Waals surface area contributed by atoms with Crippen LogP contribution in [0.15, 0.2) is 12.7 Å². The van der Waals surface area contributed by atoms with Crippen LogP contribution < -0.4 is 0 Å². The van der Waals surface area contributed by atoms with Crippen molar-refractivity contribution in [3.8, 4) is 0 Å². The molecule has 0 aliphatic rings. The van der Waals surface area contributed by atoms with E-state index in [0.29, 0.717) is 0 Å². The highest BCUT2D eigenvalue weighted by molar-refractivity contribution is 4.90. The first-order valence-electron chi connectivity index (χ1n) is 2.80. The van der Waals surface area contributed by atoms with Gasteiger partial charge in [-0.3, -0.25) is 0 Å². The molecule has 0 bridgehead atoms. The minimum atomic E-state index is -0.556. The van der Waals surface area contributed by atoms with Gasteiger partial charge in [-0.05, 0) is 6.92 Å². The third-order valence-corrected chi connectivity index (χ3v) is 1.57. The molecular weight excluding hydrogens is 100 g/mol. The molecule has 0 fully saturated rings. The van der Waals surface area contributed by atoms with Gasteiger partial charge in [-0.2, -0.15) is 0 Å². The summed E-state index contributed by atoms with van der Waals surface area (Å²) in [6, 6.07) is 0. The van der Waals surface area contributed by atoms with Gasteiger partial charge in [0.15, 0.2) is 0 Å². The maximum absolute atomic E-state index is 10.7. The monoisotopic (exact) mass is 113 g/mol. The third kappa shape index (κ3) is 1.66. The minimum absolute atomic E-state index is 0.250. The second-order valence-electron chi connectivity index (χ2n) is 2.67. The quantitative estimate of drug-likeness (QED) is 0.488. The predicted molar refractivity (Wildman–Crippen MR) is 34.1 cm³/mol. The van der Waals surface area contributed by atoms with E-state index in [9.17, 15) is 5.11 Å². The average Bonchev–Trinajstić information content (AvgIpc) is 1.67. The fourth-order valence-electron chi connectivity index (χ4n) is 0.166. The van der Waals surface area contributed by atoms with Gasteiger partial charge in [0.25, 0.3) is 0 Å². The summed E-state index contributed by atoms with van der Waals surface area (Å²) in [4.78, 5) is 0. The molecule has 0 aromatic rings. The lowest BCUT2D eigenvalue weighted by atomic mass is 9.88. The summed E-state index contributed by atoms with van der Waals surface area (Å²) < 4.78 is 0. The van der Waals surface area contributed by atoms with Crippen molar-refractivity contribution in [2.45, 2.75) is 26.9 Å². The highest BCUT2D eigenvalue weighted by Gasteiger charge is 2.20. The number of hydrogen-bond acceptors (Lipinski definition) is 0. The molecule has 0 saturated carbocycles. The van der Waals surface area contributed by atoms with Gasteiger partial charge in [0.05, 0.1) is 6.10 Å². The van der Waals surface area contributed by atoms with E-state index < -0.39 is 6.10 Å². The van der Waals surface area contributed by atoms with E-state index in [1.165, 1.54) is 0 Å². The Morgan fingerprint density at radius 2 is 2.00 bits per heavy atom. The van der Waals surface area contributed by atoms with E-state index in [1.54, 1.807) is 13.0 Å². The fraction of sp³-hybridized carbons (Fsp3) is 0.714. The lowest BCUT2D eigenvalue weighted by Gasteiger charge is -2.20. The van der Waals surface area contributed by atoms with Crippen molar-refractivity contribution in [3.63, 3.8) is 0 Å². The summed E-state index contributed by atoms with van der Waals surface area (Å²) >= 11 is 0. The van der Waals surface area contributed by atoms with E-state index in [4.69, 9.17) is 0 Å². The van der Waals surface area contributed by atoms with Crippen molar-refractivity contribution in [3.05, 3.63) is 12.7 Å². The molecule has 0 aromatic heterocycles. The molecule has 0 aliphatic carbocycles. The van der Waals surface area contributed by atoms with E-state index in [0.717, 1.165) is 0 Å². The SMILES string of the molecule is C=CC(C)(C)C(C)[O]. The summed E-state index contributed by atoms with van der Waals surface area (Å²) in [7, 11) is 0. The normalized spacial score (nSPS) is 15.5. The largest absolute Gasteiger partial charge is 0.232 e. The van der Waals surface area contributed by atoms with Crippen LogP contribution in [0.3, 0.4) is 0 Å². The lowest BCUT2D eigenvalue weighted by Crippen LogP contribution is -2.21. The van der Waals surface area contributed by atoms with Crippen LogP contribution in [-0.2, 0) is 5.11 Å². The molecule has 1 heteroatoms. The van der Waals surface area contributed by atoms with Crippen LogP contribution >= 0.6 is 0 Å². The minimum Gasteiger partial charge on any atom is -0.232 e. The van der Waals surface area contributed by atoms with Crippen molar-refractivity contribution in [1.29, 1.82) is 0 Å². The van der Waals surface area contributed by atoms with Gasteiger partial charge in [0.1, 0.15) is 0 Å². The zero-order valence-corrected chi connectivity index (χ0v) is 5.77. The van der Waals surface area contributed by atoms with Crippen molar-refractivity contribution >= 4 is 0 Å². The highest BCUT2D eigenvalue weighted by Crippen LogP contribution is 2.20. The second-order valence-corrected chi connectivity index (χ2v) is 2.67. The number of rotatable bonds is 2. The van der Waals surface area contributed by atoms with Crippen LogP contribution in [0.5, 0.6) is 0 Å². The molecule has 0 amide bonds. The van der Waals surface area contributed by atoms with Crippen molar-refractivity contribution in [2.75, 3.05) is 0 Å². The van der Waals surface area contributed by atoms with Gasteiger partial charge >= 0.3 is 0 Å². The van der Waals surface area contributed by atoms with E-state index in [-0.39, 0.29) is 5.41 Å². The van der Waals surface area contributed by atoms with Crippen LogP contribution in [0.2, 0.25) is 0 Å². The fourth-order valence-corrected chi connectivity index (χ4v) is 0.166. The molecule has 0 aliphatic heterocycles. The smallest absolute Gasteiger partial charge is 0.0986 e. The molecule has 1 atom stereocenters. The Bertz CT molecular complexity index is 82.4. The zero-order valence-electron chi connectivity index (χ0n) is 5.77. The van der Waals surface area contributed by atoms with Crippen LogP contribution in [0.1, 0.15) is 20.8 Å². The maximum atomic E-state index is 10.7. The Hall–Kier alpha value is -0.300. The molecule has 0 aromatic carbocycles. The Kier molecular flexibility index (Phi) is 2.23.